The molecule has 3 heterocycles. The number of likely N-dealkylation sites (tertiary alicyclic amines) is 1. The van der Waals surface area contributed by atoms with E-state index in [4.69, 9.17) is 4.74 Å². The minimum atomic E-state index is 0.0883. The van der Waals surface area contributed by atoms with E-state index in [0.29, 0.717) is 30.2 Å². The summed E-state index contributed by atoms with van der Waals surface area (Å²) < 4.78 is 5.90. The highest BCUT2D eigenvalue weighted by Crippen LogP contribution is 2.38. The number of hydrogen-bond acceptors (Lipinski definition) is 3. The molecule has 0 aromatic carbocycles. The van der Waals surface area contributed by atoms with E-state index >= 15 is 0 Å². The standard InChI is InChI=1S/C14H22N2O2/c17-14-11(15-9-3-4-9)2-1-7-16(14)12-8-10-5-6-13(12)18-10/h9-13,15H,1-8H2. The molecule has 2 bridgehead atoms. The van der Waals surface area contributed by atoms with Crippen LogP contribution in [0.1, 0.15) is 44.9 Å². The molecule has 4 rings (SSSR count). The molecule has 0 aromatic rings. The first kappa shape index (κ1) is 11.2. The van der Waals surface area contributed by atoms with Crippen molar-refractivity contribution in [2.24, 2.45) is 0 Å². The molecule has 4 atom stereocenters. The fraction of sp³-hybridized carbons (Fsp3) is 0.929. The molecule has 1 N–H and O–H groups in total. The molecule has 4 heteroatoms. The Hall–Kier alpha value is -0.610. The van der Waals surface area contributed by atoms with Crippen LogP contribution >= 0.6 is 0 Å². The van der Waals surface area contributed by atoms with Crippen molar-refractivity contribution in [1.82, 2.24) is 10.2 Å². The number of amides is 1. The van der Waals surface area contributed by atoms with Gasteiger partial charge in [-0.1, -0.05) is 0 Å². The quantitative estimate of drug-likeness (QED) is 0.814. The maximum Gasteiger partial charge on any atom is 0.240 e. The molecule has 4 fully saturated rings. The summed E-state index contributed by atoms with van der Waals surface area (Å²) in [7, 11) is 0. The predicted molar refractivity (Wildman–Crippen MR) is 67.2 cm³/mol. The number of rotatable bonds is 3. The topological polar surface area (TPSA) is 41.6 Å². The average Bonchev–Trinajstić information content (AvgIpc) is 2.95. The Balaban J connectivity index is 1.45. The Morgan fingerprint density at radius 3 is 2.72 bits per heavy atom. The van der Waals surface area contributed by atoms with Gasteiger partial charge >= 0.3 is 0 Å². The summed E-state index contributed by atoms with van der Waals surface area (Å²) in [5.41, 5.74) is 0. The van der Waals surface area contributed by atoms with Crippen molar-refractivity contribution < 1.29 is 9.53 Å². The largest absolute Gasteiger partial charge is 0.373 e. The smallest absolute Gasteiger partial charge is 0.240 e. The van der Waals surface area contributed by atoms with Crippen LogP contribution in [0, 0.1) is 0 Å². The first-order valence-corrected chi connectivity index (χ1v) is 7.53. The highest BCUT2D eigenvalue weighted by atomic mass is 16.5. The van der Waals surface area contributed by atoms with Gasteiger partial charge < -0.3 is 15.0 Å². The van der Waals surface area contributed by atoms with Gasteiger partial charge in [0.15, 0.2) is 0 Å². The van der Waals surface area contributed by atoms with Crippen LogP contribution in [0.25, 0.3) is 0 Å². The maximum atomic E-state index is 12.6. The minimum absolute atomic E-state index is 0.0883. The molecule has 100 valence electrons. The minimum Gasteiger partial charge on any atom is -0.373 e. The Bertz CT molecular complexity index is 356. The summed E-state index contributed by atoms with van der Waals surface area (Å²) in [6.07, 6.45) is 8.86. The summed E-state index contributed by atoms with van der Waals surface area (Å²) in [6, 6.07) is 1.08. The van der Waals surface area contributed by atoms with E-state index in [2.05, 4.69) is 10.2 Å². The van der Waals surface area contributed by atoms with E-state index in [9.17, 15) is 4.79 Å². The molecule has 1 amide bonds. The van der Waals surface area contributed by atoms with E-state index in [-0.39, 0.29) is 6.04 Å². The fourth-order valence-corrected chi connectivity index (χ4v) is 3.86. The summed E-state index contributed by atoms with van der Waals surface area (Å²) in [4.78, 5) is 14.7. The van der Waals surface area contributed by atoms with Gasteiger partial charge in [0.05, 0.1) is 24.3 Å². The van der Waals surface area contributed by atoms with Crippen LogP contribution in [0.5, 0.6) is 0 Å². The second-order valence-corrected chi connectivity index (χ2v) is 6.34. The average molecular weight is 250 g/mol. The molecule has 4 unspecified atom stereocenters. The van der Waals surface area contributed by atoms with Crippen LogP contribution < -0.4 is 5.32 Å². The molecule has 1 saturated carbocycles. The zero-order valence-electron chi connectivity index (χ0n) is 10.8. The normalized spacial score (nSPS) is 43.8. The summed E-state index contributed by atoms with van der Waals surface area (Å²) >= 11 is 0. The highest BCUT2D eigenvalue weighted by Gasteiger charge is 2.47. The zero-order valence-corrected chi connectivity index (χ0v) is 10.8. The molecular weight excluding hydrogens is 228 g/mol. The first-order chi connectivity index (χ1) is 8.81. The van der Waals surface area contributed by atoms with Gasteiger partial charge in [-0.25, -0.2) is 0 Å². The van der Waals surface area contributed by atoms with Crippen LogP contribution in [-0.4, -0.2) is 47.7 Å². The van der Waals surface area contributed by atoms with Crippen molar-refractivity contribution in [3.05, 3.63) is 0 Å². The second kappa shape index (κ2) is 4.20. The Labute approximate surface area is 108 Å². The summed E-state index contributed by atoms with van der Waals surface area (Å²) in [5.74, 6) is 0.342. The maximum absolute atomic E-state index is 12.6. The van der Waals surface area contributed by atoms with E-state index < -0.39 is 0 Å². The van der Waals surface area contributed by atoms with Gasteiger partial charge in [0.25, 0.3) is 0 Å². The number of hydrogen-bond donors (Lipinski definition) is 1. The third-order valence-electron chi connectivity index (χ3n) is 4.96. The molecule has 4 nitrogen and oxygen atoms in total. The van der Waals surface area contributed by atoms with Gasteiger partial charge in [-0.3, -0.25) is 4.79 Å². The lowest BCUT2D eigenvalue weighted by atomic mass is 9.91. The number of ether oxygens (including phenoxy) is 1. The van der Waals surface area contributed by atoms with Gasteiger partial charge in [-0.15, -0.1) is 0 Å². The second-order valence-electron chi connectivity index (χ2n) is 6.34. The van der Waals surface area contributed by atoms with Crippen molar-refractivity contribution in [3.8, 4) is 0 Å². The first-order valence-electron chi connectivity index (χ1n) is 7.53. The van der Waals surface area contributed by atoms with Crippen LogP contribution in [-0.2, 0) is 9.53 Å². The van der Waals surface area contributed by atoms with Crippen molar-refractivity contribution in [1.29, 1.82) is 0 Å². The van der Waals surface area contributed by atoms with E-state index in [1.54, 1.807) is 0 Å². The van der Waals surface area contributed by atoms with Crippen LogP contribution in [0.15, 0.2) is 0 Å². The number of nitrogens with zero attached hydrogens (tertiary/aromatic N) is 1. The Kier molecular flexibility index (Phi) is 2.62. The Morgan fingerprint density at radius 1 is 1.17 bits per heavy atom. The zero-order chi connectivity index (χ0) is 12.1. The lowest BCUT2D eigenvalue weighted by molar-refractivity contribution is -0.139. The lowest BCUT2D eigenvalue weighted by Crippen LogP contribution is -2.56. The van der Waals surface area contributed by atoms with E-state index in [1.165, 1.54) is 19.3 Å². The van der Waals surface area contributed by atoms with Gasteiger partial charge in [-0.05, 0) is 44.9 Å². The molecule has 3 saturated heterocycles. The molecular formula is C14H22N2O2. The molecule has 0 radical (unpaired) electrons. The molecule has 18 heavy (non-hydrogen) atoms. The molecule has 4 aliphatic rings. The van der Waals surface area contributed by atoms with Gasteiger partial charge in [-0.2, -0.15) is 0 Å². The number of carbonyl (C=O) groups excluding carboxylic acids is 1. The van der Waals surface area contributed by atoms with Crippen molar-refractivity contribution in [3.63, 3.8) is 0 Å². The molecule has 1 aliphatic carbocycles. The Morgan fingerprint density at radius 2 is 2.06 bits per heavy atom. The van der Waals surface area contributed by atoms with Crippen LogP contribution in [0.2, 0.25) is 0 Å². The third kappa shape index (κ3) is 1.86. The van der Waals surface area contributed by atoms with Gasteiger partial charge in [0.2, 0.25) is 5.91 Å². The summed E-state index contributed by atoms with van der Waals surface area (Å²) in [5, 5.41) is 3.51. The van der Waals surface area contributed by atoms with Crippen molar-refractivity contribution in [2.75, 3.05) is 6.54 Å². The van der Waals surface area contributed by atoms with Gasteiger partial charge in [0.1, 0.15) is 0 Å². The highest BCUT2D eigenvalue weighted by molar-refractivity contribution is 5.83. The molecule has 0 spiro atoms. The van der Waals surface area contributed by atoms with Crippen molar-refractivity contribution >= 4 is 5.91 Å². The number of piperidine rings is 1. The fourth-order valence-electron chi connectivity index (χ4n) is 3.86. The van der Waals surface area contributed by atoms with Gasteiger partial charge in [0, 0.05) is 12.6 Å². The number of nitrogens with one attached hydrogen (secondary N) is 1. The van der Waals surface area contributed by atoms with E-state index in [0.717, 1.165) is 32.2 Å². The predicted octanol–water partition coefficient (Wildman–Crippen LogP) is 1.05. The van der Waals surface area contributed by atoms with Crippen LogP contribution in [0.4, 0.5) is 0 Å². The molecule has 0 aromatic heterocycles. The molecule has 3 aliphatic heterocycles. The van der Waals surface area contributed by atoms with E-state index in [1.807, 2.05) is 0 Å². The number of carbonyl (C=O) groups is 1. The van der Waals surface area contributed by atoms with Crippen LogP contribution in [0.3, 0.4) is 0 Å². The number of fused-ring (bicyclic) bond motifs is 2. The summed E-state index contributed by atoms with van der Waals surface area (Å²) in [6.45, 7) is 0.943. The monoisotopic (exact) mass is 250 g/mol. The van der Waals surface area contributed by atoms with Crippen molar-refractivity contribution in [2.45, 2.75) is 75.3 Å². The lowest BCUT2D eigenvalue weighted by Gasteiger charge is -2.39. The third-order valence-corrected chi connectivity index (χ3v) is 4.96. The SMILES string of the molecule is O=C1C(NC2CC2)CCCN1C1CC2CCC1O2.